The number of hydrogen-bond donors (Lipinski definition) is 2. The molecule has 1 saturated carbocycles. The third kappa shape index (κ3) is 2.10. The molecule has 0 aliphatic heterocycles. The molecule has 2 unspecified atom stereocenters. The summed E-state index contributed by atoms with van der Waals surface area (Å²) >= 11 is 5.82. The van der Waals surface area contributed by atoms with E-state index < -0.39 is 5.60 Å². The second-order valence-electron chi connectivity index (χ2n) is 4.72. The van der Waals surface area contributed by atoms with E-state index in [1.54, 1.807) is 24.3 Å². The lowest BCUT2D eigenvalue weighted by Gasteiger charge is -2.33. The molecule has 1 aliphatic rings. The Bertz CT molecular complexity index is 359. The fraction of sp³-hybridized carbons (Fsp3) is 0.538. The van der Waals surface area contributed by atoms with Crippen LogP contribution in [0.5, 0.6) is 0 Å². The largest absolute Gasteiger partial charge is 0.393 e. The van der Waals surface area contributed by atoms with Gasteiger partial charge in [0.15, 0.2) is 0 Å². The van der Waals surface area contributed by atoms with Gasteiger partial charge in [-0.15, -0.1) is 0 Å². The highest BCUT2D eigenvalue weighted by Crippen LogP contribution is 2.45. The standard InChI is InChI=1S/C13H17ClO2/c1-9(10-2-3-10)13(16,8-15)11-4-6-12(14)7-5-11/h4-7,9-10,15-16H,2-3,8H2,1H3. The third-order valence-corrected chi connectivity index (χ3v) is 3.92. The number of hydrogen-bond acceptors (Lipinski definition) is 2. The second-order valence-corrected chi connectivity index (χ2v) is 5.15. The fourth-order valence-electron chi connectivity index (χ4n) is 2.22. The minimum Gasteiger partial charge on any atom is -0.393 e. The SMILES string of the molecule is CC(C1CC1)C(O)(CO)c1ccc(Cl)cc1. The van der Waals surface area contributed by atoms with Crippen LogP contribution in [0.25, 0.3) is 0 Å². The molecule has 0 spiro atoms. The van der Waals surface area contributed by atoms with E-state index in [0.29, 0.717) is 10.9 Å². The topological polar surface area (TPSA) is 40.5 Å². The van der Waals surface area contributed by atoms with E-state index in [1.165, 1.54) is 0 Å². The van der Waals surface area contributed by atoms with Gasteiger partial charge in [-0.05, 0) is 42.4 Å². The molecule has 2 nitrogen and oxygen atoms in total. The van der Waals surface area contributed by atoms with Crippen LogP contribution < -0.4 is 0 Å². The normalized spacial score (nSPS) is 21.5. The summed E-state index contributed by atoms with van der Waals surface area (Å²) in [6, 6.07) is 7.07. The summed E-state index contributed by atoms with van der Waals surface area (Å²) in [7, 11) is 0. The average Bonchev–Trinajstić information content (AvgIpc) is 3.12. The zero-order valence-electron chi connectivity index (χ0n) is 9.36. The molecule has 1 aliphatic carbocycles. The molecule has 0 bridgehead atoms. The Kier molecular flexibility index (Phi) is 3.24. The van der Waals surface area contributed by atoms with Crippen molar-refractivity contribution in [1.82, 2.24) is 0 Å². The van der Waals surface area contributed by atoms with Crippen LogP contribution in [0.3, 0.4) is 0 Å². The quantitative estimate of drug-likeness (QED) is 0.849. The Hall–Kier alpha value is -0.570. The van der Waals surface area contributed by atoms with Gasteiger partial charge in [0, 0.05) is 5.02 Å². The molecule has 16 heavy (non-hydrogen) atoms. The van der Waals surface area contributed by atoms with Gasteiger partial charge in [0.1, 0.15) is 5.60 Å². The predicted molar refractivity (Wildman–Crippen MR) is 64.3 cm³/mol. The highest BCUT2D eigenvalue weighted by molar-refractivity contribution is 6.30. The van der Waals surface area contributed by atoms with Crippen molar-refractivity contribution in [2.24, 2.45) is 11.8 Å². The molecular weight excluding hydrogens is 224 g/mol. The Labute approximate surface area is 101 Å². The van der Waals surface area contributed by atoms with Gasteiger partial charge in [0.25, 0.3) is 0 Å². The highest BCUT2D eigenvalue weighted by atomic mass is 35.5. The van der Waals surface area contributed by atoms with Crippen molar-refractivity contribution in [3.05, 3.63) is 34.9 Å². The molecule has 3 heteroatoms. The van der Waals surface area contributed by atoms with Gasteiger partial charge in [-0.25, -0.2) is 0 Å². The lowest BCUT2D eigenvalue weighted by atomic mass is 9.80. The third-order valence-electron chi connectivity index (χ3n) is 3.67. The first-order valence-electron chi connectivity index (χ1n) is 5.67. The minimum absolute atomic E-state index is 0.0821. The van der Waals surface area contributed by atoms with E-state index in [4.69, 9.17) is 11.6 Å². The molecule has 0 saturated heterocycles. The van der Waals surface area contributed by atoms with Crippen LogP contribution in [0.1, 0.15) is 25.3 Å². The van der Waals surface area contributed by atoms with Crippen molar-refractivity contribution in [2.45, 2.75) is 25.4 Å². The molecular formula is C13H17ClO2. The van der Waals surface area contributed by atoms with Crippen molar-refractivity contribution in [3.8, 4) is 0 Å². The lowest BCUT2D eigenvalue weighted by molar-refractivity contribution is -0.0693. The maximum atomic E-state index is 10.6. The molecule has 1 aromatic carbocycles. The molecule has 2 N–H and O–H groups in total. The maximum Gasteiger partial charge on any atom is 0.115 e. The van der Waals surface area contributed by atoms with Crippen LogP contribution in [0.2, 0.25) is 5.02 Å². The van der Waals surface area contributed by atoms with Crippen LogP contribution in [0.15, 0.2) is 24.3 Å². The van der Waals surface area contributed by atoms with E-state index >= 15 is 0 Å². The van der Waals surface area contributed by atoms with Crippen LogP contribution in [-0.2, 0) is 5.60 Å². The summed E-state index contributed by atoms with van der Waals surface area (Å²) in [5.74, 6) is 0.617. The smallest absolute Gasteiger partial charge is 0.115 e. The summed E-state index contributed by atoms with van der Waals surface area (Å²) in [4.78, 5) is 0. The summed E-state index contributed by atoms with van der Waals surface area (Å²) in [6.07, 6.45) is 2.30. The van der Waals surface area contributed by atoms with Gasteiger partial charge in [-0.1, -0.05) is 30.7 Å². The van der Waals surface area contributed by atoms with Gasteiger partial charge in [-0.3, -0.25) is 0 Å². The van der Waals surface area contributed by atoms with Gasteiger partial charge in [0.05, 0.1) is 6.61 Å². The maximum absolute atomic E-state index is 10.6. The minimum atomic E-state index is -1.13. The average molecular weight is 241 g/mol. The van der Waals surface area contributed by atoms with Crippen LogP contribution in [-0.4, -0.2) is 16.8 Å². The molecule has 1 fully saturated rings. The molecule has 1 aromatic rings. The van der Waals surface area contributed by atoms with Gasteiger partial charge in [-0.2, -0.15) is 0 Å². The van der Waals surface area contributed by atoms with Gasteiger partial charge < -0.3 is 10.2 Å². The highest BCUT2D eigenvalue weighted by Gasteiger charge is 2.43. The van der Waals surface area contributed by atoms with Crippen LogP contribution in [0, 0.1) is 11.8 Å². The van der Waals surface area contributed by atoms with Crippen molar-refractivity contribution in [3.63, 3.8) is 0 Å². The summed E-state index contributed by atoms with van der Waals surface area (Å²) in [6.45, 7) is 1.76. The zero-order chi connectivity index (χ0) is 11.8. The van der Waals surface area contributed by atoms with Crippen molar-refractivity contribution < 1.29 is 10.2 Å². The number of aliphatic hydroxyl groups excluding tert-OH is 1. The van der Waals surface area contributed by atoms with Crippen LogP contribution >= 0.6 is 11.6 Å². The number of rotatable bonds is 4. The molecule has 0 amide bonds. The molecule has 2 rings (SSSR count). The number of benzene rings is 1. The first-order valence-corrected chi connectivity index (χ1v) is 6.05. The predicted octanol–water partition coefficient (Wildman–Crippen LogP) is 2.57. The lowest BCUT2D eigenvalue weighted by Crippen LogP contribution is -2.38. The molecule has 0 heterocycles. The molecule has 88 valence electrons. The van der Waals surface area contributed by atoms with Crippen molar-refractivity contribution in [1.29, 1.82) is 0 Å². The van der Waals surface area contributed by atoms with Crippen LogP contribution in [0.4, 0.5) is 0 Å². The number of aliphatic hydroxyl groups is 2. The van der Waals surface area contributed by atoms with Gasteiger partial charge in [0.2, 0.25) is 0 Å². The Balaban J connectivity index is 2.28. The Morgan fingerprint density at radius 1 is 1.38 bits per heavy atom. The monoisotopic (exact) mass is 240 g/mol. The summed E-state index contributed by atoms with van der Waals surface area (Å²) < 4.78 is 0. The number of halogens is 1. The second kappa shape index (κ2) is 4.36. The van der Waals surface area contributed by atoms with Crippen molar-refractivity contribution >= 4 is 11.6 Å². The summed E-state index contributed by atoms with van der Waals surface area (Å²) in [5.41, 5.74) is -0.384. The van der Waals surface area contributed by atoms with E-state index in [1.807, 2.05) is 6.92 Å². The van der Waals surface area contributed by atoms with E-state index in [9.17, 15) is 10.2 Å². The molecule has 2 atom stereocenters. The van der Waals surface area contributed by atoms with Crippen molar-refractivity contribution in [2.75, 3.05) is 6.61 Å². The molecule has 0 aromatic heterocycles. The van der Waals surface area contributed by atoms with Gasteiger partial charge >= 0.3 is 0 Å². The zero-order valence-corrected chi connectivity index (χ0v) is 10.1. The summed E-state index contributed by atoms with van der Waals surface area (Å²) in [5, 5.41) is 20.7. The van der Waals surface area contributed by atoms with E-state index in [2.05, 4.69) is 0 Å². The first kappa shape index (κ1) is 11.9. The first-order chi connectivity index (χ1) is 7.58. The van der Waals surface area contributed by atoms with E-state index in [-0.39, 0.29) is 12.5 Å². The Morgan fingerprint density at radius 2 is 1.94 bits per heavy atom. The fourth-order valence-corrected chi connectivity index (χ4v) is 2.35. The van der Waals surface area contributed by atoms with E-state index in [0.717, 1.165) is 18.4 Å². The molecule has 0 radical (unpaired) electrons. The Morgan fingerprint density at radius 3 is 2.38 bits per heavy atom.